The van der Waals surface area contributed by atoms with E-state index in [-0.39, 0.29) is 47.5 Å². The van der Waals surface area contributed by atoms with E-state index in [1.165, 1.54) is 0 Å². The molecule has 28 heavy (non-hydrogen) atoms. The van der Waals surface area contributed by atoms with Gasteiger partial charge in [-0.3, -0.25) is 9.69 Å². The molecule has 0 aliphatic carbocycles. The van der Waals surface area contributed by atoms with Crippen LogP contribution in [0.1, 0.15) is 30.9 Å². The molecule has 0 spiro atoms. The van der Waals surface area contributed by atoms with Crippen LogP contribution in [0.3, 0.4) is 0 Å². The molecule has 156 valence electrons. The van der Waals surface area contributed by atoms with E-state index in [9.17, 15) is 21.6 Å². The molecule has 0 aromatic heterocycles. The zero-order chi connectivity index (χ0) is 20.5. The van der Waals surface area contributed by atoms with Crippen LogP contribution in [-0.4, -0.2) is 69.3 Å². The monoisotopic (exact) mass is 428 g/mol. The van der Waals surface area contributed by atoms with Gasteiger partial charge in [-0.2, -0.15) is 0 Å². The lowest BCUT2D eigenvalue weighted by Crippen LogP contribution is -2.48. The predicted molar refractivity (Wildman–Crippen MR) is 110 cm³/mol. The van der Waals surface area contributed by atoms with Crippen LogP contribution in [0.15, 0.2) is 18.2 Å². The fourth-order valence-corrected chi connectivity index (χ4v) is 7.66. The Morgan fingerprint density at radius 2 is 1.64 bits per heavy atom. The Balaban J connectivity index is 1.79. The molecule has 1 amide bonds. The molecule has 1 N–H and O–H groups in total. The molecule has 2 heterocycles. The number of para-hydroxylation sites is 1. The Morgan fingerprint density at radius 3 is 2.11 bits per heavy atom. The molecule has 1 aromatic carbocycles. The number of carbonyl (C=O) groups excluding carboxylic acids is 1. The fraction of sp³-hybridized carbons (Fsp3) is 0.632. The van der Waals surface area contributed by atoms with Crippen LogP contribution < -0.4 is 5.32 Å². The molecule has 7 nitrogen and oxygen atoms in total. The summed E-state index contributed by atoms with van der Waals surface area (Å²) in [6.45, 7) is 3.95. The van der Waals surface area contributed by atoms with Gasteiger partial charge in [-0.05, 0) is 37.3 Å². The van der Waals surface area contributed by atoms with Gasteiger partial charge in [0.25, 0.3) is 0 Å². The van der Waals surface area contributed by atoms with Crippen LogP contribution in [0.4, 0.5) is 5.69 Å². The molecular formula is C19H28N2O5S2. The highest BCUT2D eigenvalue weighted by molar-refractivity contribution is 7.92. The van der Waals surface area contributed by atoms with Gasteiger partial charge in [-0.25, -0.2) is 16.8 Å². The van der Waals surface area contributed by atoms with Crippen LogP contribution in [0, 0.1) is 6.92 Å². The molecule has 2 aliphatic heterocycles. The molecule has 2 aliphatic rings. The van der Waals surface area contributed by atoms with Gasteiger partial charge < -0.3 is 5.32 Å². The smallest absolute Gasteiger partial charge is 0.238 e. The minimum absolute atomic E-state index is 0.00212. The van der Waals surface area contributed by atoms with Crippen molar-refractivity contribution < 1.29 is 21.6 Å². The number of carbonyl (C=O) groups is 1. The highest BCUT2D eigenvalue weighted by atomic mass is 32.2. The first-order chi connectivity index (χ1) is 13.1. The van der Waals surface area contributed by atoms with E-state index in [0.717, 1.165) is 23.2 Å². The maximum Gasteiger partial charge on any atom is 0.238 e. The van der Waals surface area contributed by atoms with Gasteiger partial charge in [0.2, 0.25) is 5.91 Å². The van der Waals surface area contributed by atoms with Crippen molar-refractivity contribution in [1.82, 2.24) is 4.90 Å². The highest BCUT2D eigenvalue weighted by Gasteiger charge is 2.40. The Bertz CT molecular complexity index is 913. The number of sulfone groups is 2. The molecule has 0 bridgehead atoms. The summed E-state index contributed by atoms with van der Waals surface area (Å²) in [5.74, 6) is -0.0827. The summed E-state index contributed by atoms with van der Waals surface area (Å²) in [5, 5.41) is 2.97. The average molecular weight is 429 g/mol. The lowest BCUT2D eigenvalue weighted by molar-refractivity contribution is -0.118. The van der Waals surface area contributed by atoms with Crippen molar-refractivity contribution in [3.8, 4) is 0 Å². The summed E-state index contributed by atoms with van der Waals surface area (Å²) < 4.78 is 47.8. The number of aryl methyl sites for hydroxylation is 2. The van der Waals surface area contributed by atoms with Gasteiger partial charge in [0.1, 0.15) is 0 Å². The summed E-state index contributed by atoms with van der Waals surface area (Å²) in [5.41, 5.74) is 2.78. The molecule has 9 heteroatoms. The van der Waals surface area contributed by atoms with E-state index in [1.807, 2.05) is 36.9 Å². The molecule has 3 rings (SSSR count). The van der Waals surface area contributed by atoms with E-state index in [1.54, 1.807) is 0 Å². The molecule has 2 saturated heterocycles. The lowest BCUT2D eigenvalue weighted by atomic mass is 10.1. The van der Waals surface area contributed by atoms with Crippen molar-refractivity contribution in [3.05, 3.63) is 29.3 Å². The first-order valence-electron chi connectivity index (χ1n) is 9.65. The fourth-order valence-electron chi connectivity index (χ4n) is 4.18. The number of benzene rings is 1. The number of nitrogens with zero attached hydrogens (tertiary/aromatic N) is 1. The molecule has 2 fully saturated rings. The van der Waals surface area contributed by atoms with Crippen LogP contribution in [0.2, 0.25) is 0 Å². The van der Waals surface area contributed by atoms with E-state index < -0.39 is 19.7 Å². The van der Waals surface area contributed by atoms with Crippen LogP contribution in [0.25, 0.3) is 0 Å². The van der Waals surface area contributed by atoms with Crippen molar-refractivity contribution in [2.75, 3.05) is 34.9 Å². The van der Waals surface area contributed by atoms with Gasteiger partial charge >= 0.3 is 0 Å². The van der Waals surface area contributed by atoms with Crippen molar-refractivity contribution in [1.29, 1.82) is 0 Å². The molecule has 1 aromatic rings. The normalized spacial score (nSPS) is 25.8. The number of hydrogen-bond donors (Lipinski definition) is 1. The van der Waals surface area contributed by atoms with Crippen molar-refractivity contribution >= 4 is 31.3 Å². The van der Waals surface area contributed by atoms with Crippen molar-refractivity contribution in [2.45, 2.75) is 45.2 Å². The van der Waals surface area contributed by atoms with Crippen molar-refractivity contribution in [2.24, 2.45) is 0 Å². The molecule has 2 atom stereocenters. The molecule has 0 radical (unpaired) electrons. The van der Waals surface area contributed by atoms with Crippen LogP contribution >= 0.6 is 0 Å². The standard InChI is InChI=1S/C19H28N2O5S2/c1-3-15-6-4-5-14(2)19(15)20-18(22)11-21(16-7-9-27(23,24)12-16)17-8-10-28(25,26)13-17/h4-6,16-17H,3,7-13H2,1-2H3,(H,20,22). The van der Waals surface area contributed by atoms with Gasteiger partial charge in [-0.15, -0.1) is 0 Å². The number of hydrogen-bond acceptors (Lipinski definition) is 6. The van der Waals surface area contributed by atoms with Crippen molar-refractivity contribution in [3.63, 3.8) is 0 Å². The molecule has 2 unspecified atom stereocenters. The zero-order valence-corrected chi connectivity index (χ0v) is 18.0. The third-order valence-electron chi connectivity index (χ3n) is 5.69. The predicted octanol–water partition coefficient (Wildman–Crippen LogP) is 1.17. The highest BCUT2D eigenvalue weighted by Crippen LogP contribution is 2.26. The Labute approximate surface area is 167 Å². The van der Waals surface area contributed by atoms with E-state index >= 15 is 0 Å². The van der Waals surface area contributed by atoms with Gasteiger partial charge in [0.15, 0.2) is 19.7 Å². The quantitative estimate of drug-likeness (QED) is 0.730. The van der Waals surface area contributed by atoms with Crippen LogP contribution in [-0.2, 0) is 30.9 Å². The lowest BCUT2D eigenvalue weighted by Gasteiger charge is -2.32. The Hall–Kier alpha value is -1.45. The molecule has 0 saturated carbocycles. The summed E-state index contributed by atoms with van der Waals surface area (Å²) in [6.07, 6.45) is 1.66. The summed E-state index contributed by atoms with van der Waals surface area (Å²) >= 11 is 0. The second-order valence-electron chi connectivity index (χ2n) is 7.80. The Morgan fingerprint density at radius 1 is 1.07 bits per heavy atom. The summed E-state index contributed by atoms with van der Waals surface area (Å²) in [6, 6.07) is 5.23. The summed E-state index contributed by atoms with van der Waals surface area (Å²) in [7, 11) is -6.27. The largest absolute Gasteiger partial charge is 0.324 e. The maximum absolute atomic E-state index is 12.8. The third-order valence-corrected chi connectivity index (χ3v) is 9.19. The second-order valence-corrected chi connectivity index (χ2v) is 12.3. The van der Waals surface area contributed by atoms with E-state index in [4.69, 9.17) is 0 Å². The van der Waals surface area contributed by atoms with Gasteiger partial charge in [0, 0.05) is 17.8 Å². The number of anilines is 1. The SMILES string of the molecule is CCc1cccc(C)c1NC(=O)CN(C1CCS(=O)(=O)C1)C1CCS(=O)(=O)C1. The van der Waals surface area contributed by atoms with E-state index in [0.29, 0.717) is 12.8 Å². The number of amides is 1. The third kappa shape index (κ3) is 4.93. The second kappa shape index (κ2) is 8.12. The van der Waals surface area contributed by atoms with Gasteiger partial charge in [-0.1, -0.05) is 25.1 Å². The number of rotatable bonds is 6. The minimum Gasteiger partial charge on any atom is -0.324 e. The first kappa shape index (κ1) is 21.3. The minimum atomic E-state index is -3.13. The summed E-state index contributed by atoms with van der Waals surface area (Å²) in [4.78, 5) is 14.6. The molecular weight excluding hydrogens is 400 g/mol. The Kier molecular flexibility index (Phi) is 6.17. The number of nitrogens with one attached hydrogen (secondary N) is 1. The van der Waals surface area contributed by atoms with E-state index in [2.05, 4.69) is 5.32 Å². The maximum atomic E-state index is 12.8. The first-order valence-corrected chi connectivity index (χ1v) is 13.3. The zero-order valence-electron chi connectivity index (χ0n) is 16.3. The van der Waals surface area contributed by atoms with Gasteiger partial charge in [0.05, 0.1) is 29.6 Å². The average Bonchev–Trinajstić information content (AvgIpc) is 3.16. The topological polar surface area (TPSA) is 101 Å². The van der Waals surface area contributed by atoms with Crippen LogP contribution in [0.5, 0.6) is 0 Å².